The number of pyridine rings is 1. The normalized spacial score (nSPS) is 18.1. The van der Waals surface area contributed by atoms with Gasteiger partial charge < -0.3 is 20.4 Å². The van der Waals surface area contributed by atoms with Crippen LogP contribution in [-0.2, 0) is 6.42 Å². The van der Waals surface area contributed by atoms with Gasteiger partial charge in [0.25, 0.3) is 5.91 Å². The van der Waals surface area contributed by atoms with Gasteiger partial charge in [0.2, 0.25) is 6.29 Å². The number of piperidine rings is 2. The maximum atomic E-state index is 14.4. The van der Waals surface area contributed by atoms with Gasteiger partial charge in [-0.2, -0.15) is 0 Å². The molecule has 5 heterocycles. The van der Waals surface area contributed by atoms with Gasteiger partial charge in [-0.15, -0.1) is 0 Å². The van der Waals surface area contributed by atoms with Gasteiger partial charge >= 0.3 is 0 Å². The van der Waals surface area contributed by atoms with E-state index in [0.29, 0.717) is 22.9 Å². The fourth-order valence-corrected chi connectivity index (χ4v) is 7.86. The number of hydrogen-bond donors (Lipinski definition) is 2. The fourth-order valence-electron chi connectivity index (χ4n) is 7.86. The van der Waals surface area contributed by atoms with Gasteiger partial charge in [0.1, 0.15) is 34.5 Å². The molecule has 0 radical (unpaired) electrons. The second-order valence-corrected chi connectivity index (χ2v) is 13.9. The quantitative estimate of drug-likeness (QED) is 0.160. The highest BCUT2D eigenvalue weighted by atomic mass is 19.1. The van der Waals surface area contributed by atoms with E-state index in [1.54, 1.807) is 24.4 Å². The highest BCUT2D eigenvalue weighted by Gasteiger charge is 2.28. The number of halogens is 2. The summed E-state index contributed by atoms with van der Waals surface area (Å²) in [7, 11) is 0. The molecule has 5 aromatic rings. The number of nitrogens with one attached hydrogen (secondary N) is 2. The van der Waals surface area contributed by atoms with Gasteiger partial charge in [0.05, 0.1) is 0 Å². The number of fused-ring (bicyclic) bond motifs is 1. The number of imidazole rings is 1. The number of para-hydroxylation sites is 1. The first-order chi connectivity index (χ1) is 26.0. The van der Waals surface area contributed by atoms with Crippen LogP contribution in [0.5, 0.6) is 0 Å². The molecule has 11 heteroatoms. The van der Waals surface area contributed by atoms with Gasteiger partial charge in [-0.25, -0.2) is 18.8 Å². The summed E-state index contributed by atoms with van der Waals surface area (Å²) in [5.41, 5.74) is 5.23. The summed E-state index contributed by atoms with van der Waals surface area (Å²) >= 11 is 0. The summed E-state index contributed by atoms with van der Waals surface area (Å²) in [5, 5.41) is 6.10. The van der Waals surface area contributed by atoms with Crippen LogP contribution in [0.4, 0.5) is 31.7 Å². The maximum absolute atomic E-state index is 14.4. The van der Waals surface area contributed by atoms with Crippen LogP contribution in [0.15, 0.2) is 102 Å². The Bertz CT molecular complexity index is 2150. The zero-order valence-corrected chi connectivity index (χ0v) is 29.9. The Morgan fingerprint density at radius 1 is 0.887 bits per heavy atom. The average Bonchev–Trinajstić information content (AvgIpc) is 3.60. The molecule has 3 aliphatic rings. The Morgan fingerprint density at radius 3 is 2.47 bits per heavy atom. The number of carbonyl (C=O) groups excluding carboxylic acids is 1. The second kappa shape index (κ2) is 15.2. The minimum atomic E-state index is -0.846. The molecule has 3 aliphatic heterocycles. The van der Waals surface area contributed by atoms with E-state index >= 15 is 0 Å². The number of aliphatic imine (C=N–C) groups is 1. The number of amides is 1. The minimum Gasteiger partial charge on any atom is -0.371 e. The fraction of sp³-hybridized carbons (Fsp3) is 0.310. The Hall–Kier alpha value is -5.55. The molecule has 53 heavy (non-hydrogen) atoms. The summed E-state index contributed by atoms with van der Waals surface area (Å²) in [4.78, 5) is 30.4. The first-order valence-electron chi connectivity index (χ1n) is 18.7. The van der Waals surface area contributed by atoms with Crippen molar-refractivity contribution in [1.82, 2.24) is 14.3 Å². The highest BCUT2D eigenvalue weighted by Crippen LogP contribution is 2.36. The number of benzene rings is 3. The number of hydrogen-bond acceptors (Lipinski definition) is 7. The Labute approximate surface area is 308 Å². The van der Waals surface area contributed by atoms with Crippen molar-refractivity contribution < 1.29 is 13.6 Å². The van der Waals surface area contributed by atoms with Gasteiger partial charge in [0, 0.05) is 60.2 Å². The van der Waals surface area contributed by atoms with Gasteiger partial charge in [-0.05, 0) is 111 Å². The predicted molar refractivity (Wildman–Crippen MR) is 209 cm³/mol. The lowest BCUT2D eigenvalue weighted by atomic mass is 9.99. The Morgan fingerprint density at radius 2 is 1.68 bits per heavy atom. The molecular formula is C42H44F2N8O. The molecule has 2 N–H and O–H groups in total. The summed E-state index contributed by atoms with van der Waals surface area (Å²) in [6.45, 7) is 6.83. The molecule has 1 atom stereocenters. The number of aryl methyl sites for hydroxylation is 1. The molecule has 0 bridgehead atoms. The van der Waals surface area contributed by atoms with Crippen molar-refractivity contribution in [3.8, 4) is 11.3 Å². The van der Waals surface area contributed by atoms with Crippen molar-refractivity contribution in [1.29, 1.82) is 0 Å². The van der Waals surface area contributed by atoms with Crippen LogP contribution in [0.3, 0.4) is 0 Å². The average molecular weight is 715 g/mol. The molecular weight excluding hydrogens is 671 g/mol. The van der Waals surface area contributed by atoms with E-state index in [1.807, 2.05) is 52.0 Å². The van der Waals surface area contributed by atoms with Crippen molar-refractivity contribution in [3.63, 3.8) is 0 Å². The molecule has 1 amide bonds. The van der Waals surface area contributed by atoms with Crippen molar-refractivity contribution in [2.75, 3.05) is 46.6 Å². The van der Waals surface area contributed by atoms with Crippen LogP contribution in [0.25, 0.3) is 16.9 Å². The first-order valence-corrected chi connectivity index (χ1v) is 18.7. The van der Waals surface area contributed by atoms with Crippen LogP contribution in [-0.4, -0.2) is 64.9 Å². The lowest BCUT2D eigenvalue weighted by Gasteiger charge is -2.41. The molecule has 0 aliphatic carbocycles. The smallest absolute Gasteiger partial charge is 0.255 e. The van der Waals surface area contributed by atoms with Crippen LogP contribution in [0.1, 0.15) is 54.9 Å². The van der Waals surface area contributed by atoms with E-state index in [9.17, 15) is 13.6 Å². The molecule has 2 saturated heterocycles. The summed E-state index contributed by atoms with van der Waals surface area (Å²) in [5.74, 6) is -1.58. The maximum Gasteiger partial charge on any atom is 0.255 e. The Balaban J connectivity index is 1.06. The van der Waals surface area contributed by atoms with Gasteiger partial charge in [0.15, 0.2) is 0 Å². The topological polar surface area (TPSA) is 80.5 Å². The SMILES string of the molecule is CCc1cc(N2CCC(N3CCCCC3)CC2)ccc1NC1N=CC=CN1c1c(-c2cccc(C(=O)Nc3c(F)cccc3F)c2)nc2ccccn12. The predicted octanol–water partition coefficient (Wildman–Crippen LogP) is 8.35. The van der Waals surface area contributed by atoms with E-state index in [4.69, 9.17) is 9.98 Å². The third kappa shape index (κ3) is 7.13. The van der Waals surface area contributed by atoms with Crippen LogP contribution in [0.2, 0.25) is 0 Å². The molecule has 0 saturated carbocycles. The molecule has 2 aromatic heterocycles. The van der Waals surface area contributed by atoms with Crippen LogP contribution < -0.4 is 20.4 Å². The molecule has 3 aromatic carbocycles. The third-order valence-corrected chi connectivity index (χ3v) is 10.7. The lowest BCUT2D eigenvalue weighted by Crippen LogP contribution is -2.46. The third-order valence-electron chi connectivity index (χ3n) is 10.7. The van der Waals surface area contributed by atoms with Gasteiger partial charge in [-0.1, -0.05) is 37.6 Å². The summed E-state index contributed by atoms with van der Waals surface area (Å²) in [6.07, 6.45) is 14.4. The van der Waals surface area contributed by atoms with Crippen LogP contribution in [0, 0.1) is 11.6 Å². The van der Waals surface area contributed by atoms with Crippen molar-refractivity contribution >= 4 is 40.6 Å². The largest absolute Gasteiger partial charge is 0.371 e. The van der Waals surface area contributed by atoms with Crippen molar-refractivity contribution in [2.24, 2.45) is 4.99 Å². The number of nitrogens with zero attached hydrogens (tertiary/aromatic N) is 6. The van der Waals surface area contributed by atoms with E-state index < -0.39 is 29.5 Å². The molecule has 8 rings (SSSR count). The molecule has 1 unspecified atom stereocenters. The number of anilines is 4. The number of rotatable bonds is 9. The standard InChI is InChI=1S/C42H44F2N8O/c1-2-29-28-33(50-25-18-32(19-26-50)49-21-5-3-6-22-49)16-17-36(29)46-42-45-20-10-24-52(42)41-38(47-37-15-4-7-23-51(37)41)30-11-8-12-31(27-30)40(53)48-39-34(43)13-9-14-35(39)44/h4,7-17,20,23-24,27-28,32,42,46H,2-3,5-6,18-19,21-22,25-26H2,1H3,(H,48,53). The number of likely N-dealkylation sites (tertiary alicyclic amines) is 1. The summed E-state index contributed by atoms with van der Waals surface area (Å²) in [6, 6.07) is 23.6. The van der Waals surface area contributed by atoms with Crippen molar-refractivity contribution in [2.45, 2.75) is 57.8 Å². The van der Waals surface area contributed by atoms with Gasteiger partial charge in [-0.3, -0.25) is 14.1 Å². The number of aromatic nitrogens is 2. The zero-order chi connectivity index (χ0) is 36.3. The Kier molecular flexibility index (Phi) is 9.90. The van der Waals surface area contributed by atoms with E-state index in [0.717, 1.165) is 43.1 Å². The molecule has 272 valence electrons. The molecule has 9 nitrogen and oxygen atoms in total. The molecule has 2 fully saturated rings. The second-order valence-electron chi connectivity index (χ2n) is 13.9. The highest BCUT2D eigenvalue weighted by molar-refractivity contribution is 6.05. The lowest BCUT2D eigenvalue weighted by molar-refractivity contribution is 0.102. The van der Waals surface area contributed by atoms with Crippen molar-refractivity contribution in [3.05, 3.63) is 120 Å². The zero-order valence-electron chi connectivity index (χ0n) is 29.9. The monoisotopic (exact) mass is 714 g/mol. The summed E-state index contributed by atoms with van der Waals surface area (Å²) < 4.78 is 30.7. The van der Waals surface area contributed by atoms with E-state index in [-0.39, 0.29) is 5.56 Å². The van der Waals surface area contributed by atoms with E-state index in [2.05, 4.69) is 45.6 Å². The minimum absolute atomic E-state index is 0.235. The molecule has 0 spiro atoms. The van der Waals surface area contributed by atoms with E-state index in [1.165, 1.54) is 62.5 Å². The first kappa shape index (κ1) is 34.5. The van der Waals surface area contributed by atoms with Crippen LogP contribution >= 0.6 is 0 Å². The number of allylic oxidation sites excluding steroid dienone is 1. The number of carbonyl (C=O) groups is 1.